The number of nitrogens with zero attached hydrogens (tertiary/aromatic N) is 2. The molecule has 8 heteroatoms. The molecule has 2 aliphatic heterocycles. The van der Waals surface area contributed by atoms with Crippen molar-refractivity contribution < 1.29 is 28.5 Å². The number of hydrogen-bond donors (Lipinski definition) is 0. The van der Waals surface area contributed by atoms with Crippen molar-refractivity contribution in [3.63, 3.8) is 0 Å². The average molecular weight is 260 g/mol. The molecule has 0 bridgehead atoms. The highest BCUT2D eigenvalue weighted by atomic mass is 16.6. The highest BCUT2D eigenvalue weighted by molar-refractivity contribution is 5.77. The van der Waals surface area contributed by atoms with Crippen LogP contribution in [0.15, 0.2) is 0 Å². The summed E-state index contributed by atoms with van der Waals surface area (Å²) < 4.78 is 19.9. The maximum absolute atomic E-state index is 11.6. The molecule has 0 spiro atoms. The van der Waals surface area contributed by atoms with Gasteiger partial charge in [-0.2, -0.15) is 10.0 Å². The van der Waals surface area contributed by atoms with Gasteiger partial charge in [0.2, 0.25) is 0 Å². The van der Waals surface area contributed by atoms with E-state index >= 15 is 0 Å². The molecule has 2 aliphatic rings. The highest BCUT2D eigenvalue weighted by Crippen LogP contribution is 2.21. The number of carbonyl (C=O) groups is 2. The number of esters is 2. The Hall–Kier alpha value is -1.22. The minimum atomic E-state index is -0.552. The second kappa shape index (κ2) is 5.61. The lowest BCUT2D eigenvalue weighted by molar-refractivity contribution is -0.165. The fourth-order valence-electron chi connectivity index (χ4n) is 2.03. The van der Waals surface area contributed by atoms with Gasteiger partial charge in [-0.05, 0) is 0 Å². The van der Waals surface area contributed by atoms with Crippen molar-refractivity contribution in [2.75, 3.05) is 40.9 Å². The fourth-order valence-corrected chi connectivity index (χ4v) is 2.03. The SMILES string of the molecule is COC(=O)[C@@H]1COCN1N1COC[C@H]1C(=O)OC. The van der Waals surface area contributed by atoms with Gasteiger partial charge in [0.05, 0.1) is 27.4 Å². The zero-order valence-corrected chi connectivity index (χ0v) is 10.3. The van der Waals surface area contributed by atoms with Gasteiger partial charge in [0, 0.05) is 0 Å². The summed E-state index contributed by atoms with van der Waals surface area (Å²) in [7, 11) is 2.63. The molecule has 0 aliphatic carbocycles. The van der Waals surface area contributed by atoms with E-state index in [1.807, 2.05) is 0 Å². The summed E-state index contributed by atoms with van der Waals surface area (Å²) in [5, 5.41) is 3.28. The van der Waals surface area contributed by atoms with Crippen LogP contribution in [0, 0.1) is 0 Å². The molecular formula is C10H16N2O6. The standard InChI is InChI=1S/C10H16N2O6/c1-15-9(13)7-3-17-5-11(7)12-6-18-4-8(12)10(14)16-2/h7-8H,3-6H2,1-2H3/t7-,8-/m0/s1. The Balaban J connectivity index is 2.09. The third-order valence-electron chi connectivity index (χ3n) is 2.99. The van der Waals surface area contributed by atoms with Crippen LogP contribution in [0.5, 0.6) is 0 Å². The molecule has 0 N–H and O–H groups in total. The maximum atomic E-state index is 11.6. The molecule has 0 radical (unpaired) electrons. The van der Waals surface area contributed by atoms with Crippen LogP contribution in [0.2, 0.25) is 0 Å². The first-order valence-corrected chi connectivity index (χ1v) is 5.53. The van der Waals surface area contributed by atoms with Gasteiger partial charge >= 0.3 is 11.9 Å². The minimum Gasteiger partial charge on any atom is -0.468 e. The first-order chi connectivity index (χ1) is 8.69. The summed E-state index contributed by atoms with van der Waals surface area (Å²) in [4.78, 5) is 23.2. The summed E-state index contributed by atoms with van der Waals surface area (Å²) >= 11 is 0. The smallest absolute Gasteiger partial charge is 0.327 e. The van der Waals surface area contributed by atoms with E-state index in [1.54, 1.807) is 10.0 Å². The molecule has 18 heavy (non-hydrogen) atoms. The largest absolute Gasteiger partial charge is 0.468 e. The Morgan fingerprint density at radius 1 is 0.944 bits per heavy atom. The van der Waals surface area contributed by atoms with Gasteiger partial charge in [-0.15, -0.1) is 0 Å². The Bertz CT molecular complexity index is 304. The predicted molar refractivity (Wildman–Crippen MR) is 56.9 cm³/mol. The molecular weight excluding hydrogens is 244 g/mol. The van der Waals surface area contributed by atoms with E-state index in [0.29, 0.717) is 0 Å². The van der Waals surface area contributed by atoms with E-state index in [-0.39, 0.29) is 26.7 Å². The molecule has 2 atom stereocenters. The van der Waals surface area contributed by atoms with Crippen LogP contribution >= 0.6 is 0 Å². The summed E-state index contributed by atoms with van der Waals surface area (Å²) in [5.41, 5.74) is 0. The summed E-state index contributed by atoms with van der Waals surface area (Å²) in [5.74, 6) is -0.800. The number of hydrogen-bond acceptors (Lipinski definition) is 8. The monoisotopic (exact) mass is 260 g/mol. The molecule has 0 amide bonds. The van der Waals surface area contributed by atoms with Crippen molar-refractivity contribution in [3.8, 4) is 0 Å². The molecule has 2 fully saturated rings. The number of carbonyl (C=O) groups excluding carboxylic acids is 2. The van der Waals surface area contributed by atoms with Crippen molar-refractivity contribution in [2.24, 2.45) is 0 Å². The van der Waals surface area contributed by atoms with Crippen LogP contribution in [0.1, 0.15) is 0 Å². The average Bonchev–Trinajstić information content (AvgIpc) is 3.04. The zero-order chi connectivity index (χ0) is 13.1. The van der Waals surface area contributed by atoms with Gasteiger partial charge in [-0.25, -0.2) is 0 Å². The van der Waals surface area contributed by atoms with Crippen LogP contribution in [-0.2, 0) is 28.5 Å². The van der Waals surface area contributed by atoms with Gasteiger partial charge in [0.15, 0.2) is 0 Å². The molecule has 0 aromatic heterocycles. The van der Waals surface area contributed by atoms with Gasteiger partial charge in [0.1, 0.15) is 25.5 Å². The van der Waals surface area contributed by atoms with E-state index < -0.39 is 24.0 Å². The molecule has 0 aromatic carbocycles. The molecule has 0 saturated carbocycles. The van der Waals surface area contributed by atoms with Crippen LogP contribution in [-0.4, -0.2) is 74.9 Å². The summed E-state index contributed by atoms with van der Waals surface area (Å²) in [6.45, 7) is 0.904. The lowest BCUT2D eigenvalue weighted by Crippen LogP contribution is -2.54. The van der Waals surface area contributed by atoms with E-state index in [4.69, 9.17) is 18.9 Å². The lowest BCUT2D eigenvalue weighted by atomic mass is 10.3. The van der Waals surface area contributed by atoms with Crippen molar-refractivity contribution in [3.05, 3.63) is 0 Å². The number of rotatable bonds is 3. The third kappa shape index (κ3) is 2.32. The molecule has 2 heterocycles. The quantitative estimate of drug-likeness (QED) is 0.571. The first-order valence-electron chi connectivity index (χ1n) is 5.53. The van der Waals surface area contributed by atoms with Crippen molar-refractivity contribution >= 4 is 11.9 Å². The number of methoxy groups -OCH3 is 2. The van der Waals surface area contributed by atoms with Crippen LogP contribution in [0.4, 0.5) is 0 Å². The number of hydrazine groups is 1. The molecule has 0 unspecified atom stereocenters. The predicted octanol–water partition coefficient (Wildman–Crippen LogP) is -1.44. The first kappa shape index (κ1) is 13.2. The second-order valence-corrected chi connectivity index (χ2v) is 3.96. The summed E-state index contributed by atoms with van der Waals surface area (Å²) in [6, 6.07) is -1.10. The summed E-state index contributed by atoms with van der Waals surface area (Å²) in [6.07, 6.45) is 0. The second-order valence-electron chi connectivity index (χ2n) is 3.96. The topological polar surface area (TPSA) is 77.5 Å². The van der Waals surface area contributed by atoms with Gasteiger partial charge in [-0.3, -0.25) is 9.59 Å². The molecule has 2 saturated heterocycles. The molecule has 102 valence electrons. The van der Waals surface area contributed by atoms with Gasteiger partial charge < -0.3 is 18.9 Å². The molecule has 0 aromatic rings. The van der Waals surface area contributed by atoms with Crippen molar-refractivity contribution in [1.29, 1.82) is 0 Å². The Labute approximate surface area is 104 Å². The molecule has 8 nitrogen and oxygen atoms in total. The minimum absolute atomic E-state index is 0.219. The van der Waals surface area contributed by atoms with E-state index in [2.05, 4.69) is 0 Å². The van der Waals surface area contributed by atoms with Crippen LogP contribution in [0.25, 0.3) is 0 Å². The van der Waals surface area contributed by atoms with Crippen molar-refractivity contribution in [2.45, 2.75) is 12.1 Å². The van der Waals surface area contributed by atoms with Crippen LogP contribution in [0.3, 0.4) is 0 Å². The van der Waals surface area contributed by atoms with Gasteiger partial charge in [-0.1, -0.05) is 0 Å². The third-order valence-corrected chi connectivity index (χ3v) is 2.99. The van der Waals surface area contributed by atoms with E-state index in [0.717, 1.165) is 0 Å². The maximum Gasteiger partial charge on any atom is 0.327 e. The van der Waals surface area contributed by atoms with E-state index in [1.165, 1.54) is 14.2 Å². The van der Waals surface area contributed by atoms with Crippen LogP contribution < -0.4 is 0 Å². The van der Waals surface area contributed by atoms with Crippen molar-refractivity contribution in [1.82, 2.24) is 10.0 Å². The number of ether oxygens (including phenoxy) is 4. The van der Waals surface area contributed by atoms with Gasteiger partial charge in [0.25, 0.3) is 0 Å². The Morgan fingerprint density at radius 3 is 1.67 bits per heavy atom. The zero-order valence-electron chi connectivity index (χ0n) is 10.3. The lowest BCUT2D eigenvalue weighted by Gasteiger charge is -2.31. The van der Waals surface area contributed by atoms with E-state index in [9.17, 15) is 9.59 Å². The highest BCUT2D eigenvalue weighted by Gasteiger charge is 2.44. The molecule has 2 rings (SSSR count). The normalized spacial score (nSPS) is 29.4. The Kier molecular flexibility index (Phi) is 4.12. The fraction of sp³-hybridized carbons (Fsp3) is 0.800. The Morgan fingerprint density at radius 2 is 1.33 bits per heavy atom.